The Bertz CT molecular complexity index is 187. The second kappa shape index (κ2) is 4.66. The lowest BCUT2D eigenvalue weighted by atomic mass is 10.3. The molecule has 0 spiro atoms. The van der Waals surface area contributed by atoms with E-state index in [0.29, 0.717) is 6.42 Å². The smallest absolute Gasteiger partial charge is 0.291 e. The summed E-state index contributed by atoms with van der Waals surface area (Å²) in [6, 6.07) is -0.0936. The number of hydrogen-bond acceptors (Lipinski definition) is 5. The molecule has 0 rings (SSSR count). The Balaban J connectivity index is 3.55. The van der Waals surface area contributed by atoms with Crippen molar-refractivity contribution in [2.24, 2.45) is 5.73 Å². The number of aliphatic hydroxyl groups excluding tert-OH is 1. The SMILES string of the molecule is CC(N)CCOS(=O)(=O)CO. The van der Waals surface area contributed by atoms with E-state index in [1.54, 1.807) is 6.92 Å². The van der Waals surface area contributed by atoms with Gasteiger partial charge in [-0.25, -0.2) is 0 Å². The third kappa shape index (κ3) is 6.24. The van der Waals surface area contributed by atoms with Crippen LogP contribution in [0.25, 0.3) is 0 Å². The molecule has 68 valence electrons. The standard InChI is InChI=1S/C5H13NO4S/c1-5(6)2-3-10-11(8,9)4-7/h5,7H,2-4,6H2,1H3. The van der Waals surface area contributed by atoms with Crippen LogP contribution in [0.4, 0.5) is 0 Å². The molecule has 0 aromatic heterocycles. The third-order valence-corrected chi connectivity index (χ3v) is 1.84. The molecule has 11 heavy (non-hydrogen) atoms. The van der Waals surface area contributed by atoms with E-state index in [0.717, 1.165) is 0 Å². The maximum Gasteiger partial charge on any atom is 0.291 e. The number of hydrogen-bond donors (Lipinski definition) is 2. The molecule has 0 aliphatic heterocycles. The average molecular weight is 183 g/mol. The van der Waals surface area contributed by atoms with Crippen LogP contribution >= 0.6 is 0 Å². The van der Waals surface area contributed by atoms with Crippen molar-refractivity contribution in [2.75, 3.05) is 12.5 Å². The van der Waals surface area contributed by atoms with E-state index in [2.05, 4.69) is 4.18 Å². The molecule has 0 aromatic carbocycles. The van der Waals surface area contributed by atoms with Gasteiger partial charge in [-0.05, 0) is 13.3 Å². The van der Waals surface area contributed by atoms with E-state index >= 15 is 0 Å². The number of aliphatic hydroxyl groups is 1. The fourth-order valence-corrected chi connectivity index (χ4v) is 0.823. The van der Waals surface area contributed by atoms with Gasteiger partial charge in [0.2, 0.25) is 0 Å². The maximum atomic E-state index is 10.5. The fraction of sp³-hybridized carbons (Fsp3) is 1.00. The largest absolute Gasteiger partial charge is 0.378 e. The van der Waals surface area contributed by atoms with E-state index in [1.165, 1.54) is 0 Å². The van der Waals surface area contributed by atoms with Gasteiger partial charge in [0.25, 0.3) is 10.1 Å². The minimum Gasteiger partial charge on any atom is -0.378 e. The first kappa shape index (κ1) is 10.8. The highest BCUT2D eigenvalue weighted by Crippen LogP contribution is 1.94. The average Bonchev–Trinajstić information content (AvgIpc) is 1.87. The summed E-state index contributed by atoms with van der Waals surface area (Å²) in [5.41, 5.74) is 5.33. The lowest BCUT2D eigenvalue weighted by Crippen LogP contribution is -2.19. The summed E-state index contributed by atoms with van der Waals surface area (Å²) in [5.74, 6) is -0.980. The number of nitrogens with two attached hydrogens (primary N) is 1. The van der Waals surface area contributed by atoms with Crippen molar-refractivity contribution in [3.05, 3.63) is 0 Å². The van der Waals surface area contributed by atoms with E-state index in [4.69, 9.17) is 10.8 Å². The molecule has 0 amide bonds. The first-order chi connectivity index (χ1) is 4.98. The first-order valence-corrected chi connectivity index (χ1v) is 4.79. The molecule has 0 fully saturated rings. The van der Waals surface area contributed by atoms with E-state index < -0.39 is 16.1 Å². The Morgan fingerprint density at radius 1 is 1.64 bits per heavy atom. The van der Waals surface area contributed by atoms with Gasteiger partial charge in [-0.3, -0.25) is 4.18 Å². The Kier molecular flexibility index (Phi) is 4.58. The summed E-state index contributed by atoms with van der Waals surface area (Å²) in [7, 11) is -3.72. The first-order valence-electron chi connectivity index (χ1n) is 3.21. The monoisotopic (exact) mass is 183 g/mol. The molecule has 6 heteroatoms. The second-order valence-corrected chi connectivity index (χ2v) is 3.88. The van der Waals surface area contributed by atoms with Crippen molar-refractivity contribution in [1.82, 2.24) is 0 Å². The van der Waals surface area contributed by atoms with Gasteiger partial charge >= 0.3 is 0 Å². The van der Waals surface area contributed by atoms with E-state index in [1.807, 2.05) is 0 Å². The maximum absolute atomic E-state index is 10.5. The molecule has 0 aromatic rings. The van der Waals surface area contributed by atoms with Gasteiger partial charge in [0, 0.05) is 6.04 Å². The highest BCUT2D eigenvalue weighted by atomic mass is 32.2. The van der Waals surface area contributed by atoms with E-state index in [-0.39, 0.29) is 12.6 Å². The van der Waals surface area contributed by atoms with Crippen LogP contribution in [0.2, 0.25) is 0 Å². The minimum absolute atomic E-state index is 0.0283. The van der Waals surface area contributed by atoms with Crippen LogP contribution in [-0.2, 0) is 14.3 Å². The molecule has 3 N–H and O–H groups in total. The third-order valence-electron chi connectivity index (χ3n) is 0.994. The predicted octanol–water partition coefficient (Wildman–Crippen LogP) is -0.980. The molecule has 1 atom stereocenters. The van der Waals surface area contributed by atoms with E-state index in [9.17, 15) is 8.42 Å². The van der Waals surface area contributed by atoms with Crippen LogP contribution in [0.15, 0.2) is 0 Å². The van der Waals surface area contributed by atoms with Crippen LogP contribution in [0, 0.1) is 0 Å². The lowest BCUT2D eigenvalue weighted by molar-refractivity contribution is 0.270. The molecule has 1 unspecified atom stereocenters. The zero-order valence-electron chi connectivity index (χ0n) is 6.36. The highest BCUT2D eigenvalue weighted by Gasteiger charge is 2.08. The summed E-state index contributed by atoms with van der Waals surface area (Å²) < 4.78 is 25.3. The van der Waals surface area contributed by atoms with Crippen molar-refractivity contribution in [3.8, 4) is 0 Å². The van der Waals surface area contributed by atoms with Crippen LogP contribution in [0.1, 0.15) is 13.3 Å². The molecule has 0 heterocycles. The topological polar surface area (TPSA) is 89.6 Å². The Labute approximate surface area is 66.3 Å². The minimum atomic E-state index is -3.72. The van der Waals surface area contributed by atoms with Crippen LogP contribution in [0.3, 0.4) is 0 Å². The van der Waals surface area contributed by atoms with Gasteiger partial charge in [0.05, 0.1) is 6.61 Å². The van der Waals surface area contributed by atoms with Crippen LogP contribution in [0.5, 0.6) is 0 Å². The van der Waals surface area contributed by atoms with Gasteiger partial charge in [-0.2, -0.15) is 8.42 Å². The molecular formula is C5H13NO4S. The van der Waals surface area contributed by atoms with Crippen molar-refractivity contribution in [1.29, 1.82) is 0 Å². The summed E-state index contributed by atoms with van der Waals surface area (Å²) in [6.07, 6.45) is 0.458. The lowest BCUT2D eigenvalue weighted by Gasteiger charge is -2.04. The van der Waals surface area contributed by atoms with Gasteiger partial charge in [-0.1, -0.05) is 0 Å². The van der Waals surface area contributed by atoms with Gasteiger partial charge in [0.1, 0.15) is 0 Å². The van der Waals surface area contributed by atoms with Crippen LogP contribution in [-0.4, -0.2) is 32.1 Å². The Hall–Kier alpha value is -0.170. The molecule has 0 bridgehead atoms. The van der Waals surface area contributed by atoms with Crippen LogP contribution < -0.4 is 5.73 Å². The molecule has 0 saturated carbocycles. The predicted molar refractivity (Wildman–Crippen MR) is 40.2 cm³/mol. The molecular weight excluding hydrogens is 170 g/mol. The van der Waals surface area contributed by atoms with Gasteiger partial charge in [0.15, 0.2) is 5.94 Å². The molecule has 0 saturated heterocycles. The molecule has 0 radical (unpaired) electrons. The summed E-state index contributed by atoms with van der Waals surface area (Å²) >= 11 is 0. The summed E-state index contributed by atoms with van der Waals surface area (Å²) in [6.45, 7) is 1.77. The van der Waals surface area contributed by atoms with Gasteiger partial charge < -0.3 is 10.8 Å². The molecule has 5 nitrogen and oxygen atoms in total. The molecule has 0 aliphatic rings. The summed E-state index contributed by atoms with van der Waals surface area (Å²) in [4.78, 5) is 0. The normalized spacial score (nSPS) is 14.8. The van der Waals surface area contributed by atoms with Crippen molar-refractivity contribution in [2.45, 2.75) is 19.4 Å². The van der Waals surface area contributed by atoms with Crippen molar-refractivity contribution >= 4 is 10.1 Å². The van der Waals surface area contributed by atoms with Crippen molar-refractivity contribution in [3.63, 3.8) is 0 Å². The van der Waals surface area contributed by atoms with Crippen molar-refractivity contribution < 1.29 is 17.7 Å². The quantitative estimate of drug-likeness (QED) is 0.535. The summed E-state index contributed by atoms with van der Waals surface area (Å²) in [5, 5.41) is 8.22. The highest BCUT2D eigenvalue weighted by molar-refractivity contribution is 7.86. The zero-order valence-corrected chi connectivity index (χ0v) is 7.17. The zero-order chi connectivity index (χ0) is 8.91. The Morgan fingerprint density at radius 3 is 2.55 bits per heavy atom. The molecule has 0 aliphatic carbocycles. The van der Waals surface area contributed by atoms with Gasteiger partial charge in [-0.15, -0.1) is 0 Å². The fourth-order valence-electron chi connectivity index (χ4n) is 0.398. The Morgan fingerprint density at radius 2 is 2.18 bits per heavy atom. The second-order valence-electron chi connectivity index (χ2n) is 2.27. The number of rotatable bonds is 5.